The van der Waals surface area contributed by atoms with E-state index in [2.05, 4.69) is 65.0 Å². The average Bonchev–Trinajstić information content (AvgIpc) is 2.80. The Kier molecular flexibility index (Phi) is 15.7. The molecule has 1 atom stereocenters. The van der Waals surface area contributed by atoms with Crippen molar-refractivity contribution in [2.75, 3.05) is 33.0 Å². The summed E-state index contributed by atoms with van der Waals surface area (Å²) in [6.07, 6.45) is 16.6. The van der Waals surface area contributed by atoms with Gasteiger partial charge in [0.1, 0.15) is 0 Å². The summed E-state index contributed by atoms with van der Waals surface area (Å²) < 4.78 is 23.2. The molecule has 1 rings (SSSR count). The molecule has 1 aliphatic carbocycles. The molecule has 0 radical (unpaired) electrons. The van der Waals surface area contributed by atoms with Gasteiger partial charge in [0.2, 0.25) is 0 Å². The molecule has 0 amide bonds. The van der Waals surface area contributed by atoms with Crippen LogP contribution < -0.4 is 0 Å². The molecular weight excluding hydrogens is 468 g/mol. The number of hydrogen-bond donors (Lipinski definition) is 1. The van der Waals surface area contributed by atoms with E-state index in [0.717, 1.165) is 5.57 Å². The van der Waals surface area contributed by atoms with E-state index in [4.69, 9.17) is 18.0 Å². The van der Waals surface area contributed by atoms with Crippen LogP contribution in [0.1, 0.15) is 81.1 Å². The van der Waals surface area contributed by atoms with Gasteiger partial charge >= 0.3 is 8.80 Å². The van der Waals surface area contributed by atoms with Crippen molar-refractivity contribution >= 4 is 8.80 Å². The summed E-state index contributed by atoms with van der Waals surface area (Å²) in [7, 11) is -2.72. The molecule has 0 saturated heterocycles. The van der Waals surface area contributed by atoms with E-state index in [9.17, 15) is 5.11 Å². The van der Waals surface area contributed by atoms with Crippen LogP contribution in [-0.2, 0) is 18.0 Å². The third kappa shape index (κ3) is 12.3. The van der Waals surface area contributed by atoms with Crippen LogP contribution in [0.2, 0.25) is 6.04 Å². The second kappa shape index (κ2) is 17.3. The minimum Gasteiger partial charge on any atom is -0.391 e. The summed E-state index contributed by atoms with van der Waals surface area (Å²) in [5.41, 5.74) is 5.63. The van der Waals surface area contributed by atoms with Gasteiger partial charge in [-0.15, -0.1) is 0 Å². The molecule has 0 heterocycles. The Balaban J connectivity index is 2.48. The minimum absolute atomic E-state index is 0.267. The van der Waals surface area contributed by atoms with Crippen molar-refractivity contribution in [1.29, 1.82) is 0 Å². The molecule has 0 spiro atoms. The van der Waals surface area contributed by atoms with Crippen LogP contribution in [0, 0.1) is 5.41 Å². The highest BCUT2D eigenvalue weighted by atomic mass is 28.4. The van der Waals surface area contributed by atoms with E-state index >= 15 is 0 Å². The van der Waals surface area contributed by atoms with Gasteiger partial charge in [0.25, 0.3) is 0 Å². The highest BCUT2D eigenvalue weighted by Gasteiger charge is 2.40. The van der Waals surface area contributed by atoms with E-state index in [0.29, 0.717) is 38.9 Å². The Morgan fingerprint density at radius 3 is 2.25 bits per heavy atom. The quantitative estimate of drug-likeness (QED) is 0.124. The first-order chi connectivity index (χ1) is 17.1. The molecule has 0 aromatic carbocycles. The molecule has 0 aliphatic heterocycles. The minimum atomic E-state index is -2.72. The monoisotopic (exact) mass is 520 g/mol. The fourth-order valence-corrected chi connectivity index (χ4v) is 7.21. The number of rotatable bonds is 17. The smallest absolute Gasteiger partial charge is 0.391 e. The van der Waals surface area contributed by atoms with Crippen molar-refractivity contribution in [2.24, 2.45) is 5.41 Å². The molecule has 0 fully saturated rings. The van der Waals surface area contributed by atoms with E-state index in [1.165, 1.54) is 36.0 Å². The van der Waals surface area contributed by atoms with Gasteiger partial charge in [0.15, 0.2) is 0 Å². The second-order valence-corrected chi connectivity index (χ2v) is 12.9. The van der Waals surface area contributed by atoms with Gasteiger partial charge in [-0.1, -0.05) is 67.0 Å². The van der Waals surface area contributed by atoms with Crippen molar-refractivity contribution in [3.8, 4) is 0 Å². The average molecular weight is 521 g/mol. The van der Waals surface area contributed by atoms with E-state index in [1.54, 1.807) is 0 Å². The summed E-state index contributed by atoms with van der Waals surface area (Å²) in [6.45, 7) is 19.3. The first kappa shape index (κ1) is 32.7. The molecule has 0 aromatic heterocycles. The van der Waals surface area contributed by atoms with Gasteiger partial charge in [-0.3, -0.25) is 0 Å². The molecule has 0 bridgehead atoms. The van der Waals surface area contributed by atoms with Crippen LogP contribution in [0.3, 0.4) is 0 Å². The lowest BCUT2D eigenvalue weighted by Crippen LogP contribution is -2.46. The molecule has 5 nitrogen and oxygen atoms in total. The van der Waals surface area contributed by atoms with Crippen molar-refractivity contribution in [3.63, 3.8) is 0 Å². The van der Waals surface area contributed by atoms with Crippen LogP contribution in [-0.4, -0.2) is 53.0 Å². The summed E-state index contributed by atoms with van der Waals surface area (Å²) >= 11 is 0. The van der Waals surface area contributed by atoms with Crippen LogP contribution in [0.15, 0.2) is 58.7 Å². The van der Waals surface area contributed by atoms with E-state index in [1.807, 2.05) is 26.8 Å². The Bertz CT molecular complexity index is 774. The van der Waals surface area contributed by atoms with Gasteiger partial charge < -0.3 is 23.1 Å². The maximum absolute atomic E-state index is 10.4. The third-order valence-electron chi connectivity index (χ3n) is 6.48. The molecule has 0 saturated carbocycles. The fraction of sp³-hybridized carbons (Fsp3) is 0.667. The maximum Gasteiger partial charge on any atom is 0.501 e. The second-order valence-electron chi connectivity index (χ2n) is 10.2. The standard InChI is InChI=1S/C30H52O5Si/c1-9-33-36(34-10-2,35-11-3)23-20-28(31)24-32-22-19-26(5)15-12-14-25(4)17-18-29-27(6)16-13-21-30(29,7)8/h12,14-15,17-19,28,31H,9-11,13,16,20-24H2,1-8H3/b15-12+,18-17+,25-14+,26-19+. The SMILES string of the molecule is CCO[Si](CCC(O)COC/C=C(C)/C=C/C=C(C)/C=C/C1=C(C)CCCC1(C)C)(OCC)OCC. The van der Waals surface area contributed by atoms with E-state index in [-0.39, 0.29) is 12.0 Å². The van der Waals surface area contributed by atoms with Gasteiger partial charge in [-0.25, -0.2) is 0 Å². The number of ether oxygens (including phenoxy) is 1. The predicted octanol–water partition coefficient (Wildman–Crippen LogP) is 7.33. The van der Waals surface area contributed by atoms with Crippen LogP contribution in [0.4, 0.5) is 0 Å². The normalized spacial score (nSPS) is 18.6. The summed E-state index contributed by atoms with van der Waals surface area (Å²) in [6, 6.07) is 0.582. The Morgan fingerprint density at radius 2 is 1.67 bits per heavy atom. The summed E-state index contributed by atoms with van der Waals surface area (Å²) in [4.78, 5) is 0. The summed E-state index contributed by atoms with van der Waals surface area (Å²) in [5.74, 6) is 0. The van der Waals surface area contributed by atoms with Crippen molar-refractivity contribution in [2.45, 2.75) is 93.2 Å². The Labute approximate surface area is 222 Å². The molecular formula is C30H52O5Si. The summed E-state index contributed by atoms with van der Waals surface area (Å²) in [5, 5.41) is 10.4. The van der Waals surface area contributed by atoms with Gasteiger partial charge in [0, 0.05) is 25.9 Å². The molecule has 36 heavy (non-hydrogen) atoms. The first-order valence-corrected chi connectivity index (χ1v) is 15.6. The van der Waals surface area contributed by atoms with E-state index < -0.39 is 14.9 Å². The first-order valence-electron chi connectivity index (χ1n) is 13.7. The van der Waals surface area contributed by atoms with Crippen LogP contribution in [0.5, 0.6) is 0 Å². The fourth-order valence-electron chi connectivity index (χ4n) is 4.52. The Morgan fingerprint density at radius 1 is 1.03 bits per heavy atom. The number of allylic oxidation sites excluding steroid dienone is 9. The number of aliphatic hydroxyl groups excluding tert-OH is 1. The largest absolute Gasteiger partial charge is 0.501 e. The zero-order chi connectivity index (χ0) is 27.0. The third-order valence-corrected chi connectivity index (χ3v) is 9.57. The van der Waals surface area contributed by atoms with Gasteiger partial charge in [-0.2, -0.15) is 0 Å². The maximum atomic E-state index is 10.4. The van der Waals surface area contributed by atoms with Gasteiger partial charge in [-0.05, 0) is 78.2 Å². The highest BCUT2D eigenvalue weighted by Crippen LogP contribution is 2.40. The highest BCUT2D eigenvalue weighted by molar-refractivity contribution is 6.60. The zero-order valence-electron chi connectivity index (χ0n) is 24.2. The van der Waals surface area contributed by atoms with Crippen molar-refractivity contribution in [1.82, 2.24) is 0 Å². The van der Waals surface area contributed by atoms with Crippen molar-refractivity contribution in [3.05, 3.63) is 58.7 Å². The Hall–Kier alpha value is -1.28. The lowest BCUT2D eigenvalue weighted by Gasteiger charge is -2.32. The van der Waals surface area contributed by atoms with Crippen LogP contribution >= 0.6 is 0 Å². The molecule has 1 N–H and O–H groups in total. The molecule has 1 aliphatic rings. The lowest BCUT2D eigenvalue weighted by atomic mass is 9.72. The number of hydrogen-bond acceptors (Lipinski definition) is 5. The van der Waals surface area contributed by atoms with Crippen molar-refractivity contribution < 1.29 is 23.1 Å². The zero-order valence-corrected chi connectivity index (χ0v) is 25.2. The molecule has 206 valence electrons. The molecule has 6 heteroatoms. The van der Waals surface area contributed by atoms with Crippen LogP contribution in [0.25, 0.3) is 0 Å². The number of aliphatic hydroxyl groups is 1. The lowest BCUT2D eigenvalue weighted by molar-refractivity contribution is 0.0357. The predicted molar refractivity (Wildman–Crippen MR) is 153 cm³/mol. The molecule has 0 aromatic rings. The topological polar surface area (TPSA) is 57.2 Å². The van der Waals surface area contributed by atoms with Gasteiger partial charge in [0.05, 0.1) is 19.3 Å². The molecule has 1 unspecified atom stereocenters.